The SMILES string of the molecule is COc1cccc(N2CCN(C(=O)c3nc(-c4ccc(C)cc4)n4c3CCCCC4)CC2)c1. The zero-order valence-corrected chi connectivity index (χ0v) is 19.6. The van der Waals surface area contributed by atoms with Gasteiger partial charge in [0.25, 0.3) is 5.91 Å². The molecule has 0 atom stereocenters. The molecule has 0 bridgehead atoms. The Kier molecular flexibility index (Phi) is 6.07. The maximum atomic E-state index is 13.6. The molecule has 0 aliphatic carbocycles. The average molecular weight is 445 g/mol. The maximum absolute atomic E-state index is 13.6. The van der Waals surface area contributed by atoms with Crippen LogP contribution in [0.15, 0.2) is 48.5 Å². The molecular weight excluding hydrogens is 412 g/mol. The first-order valence-electron chi connectivity index (χ1n) is 12.0. The Morgan fingerprint density at radius 1 is 0.939 bits per heavy atom. The number of fused-ring (bicyclic) bond motifs is 1. The summed E-state index contributed by atoms with van der Waals surface area (Å²) in [5, 5.41) is 0. The molecule has 0 radical (unpaired) electrons. The van der Waals surface area contributed by atoms with E-state index in [2.05, 4.69) is 52.8 Å². The largest absolute Gasteiger partial charge is 0.497 e. The van der Waals surface area contributed by atoms with Crippen molar-refractivity contribution in [3.8, 4) is 17.1 Å². The molecule has 0 spiro atoms. The van der Waals surface area contributed by atoms with E-state index in [0.29, 0.717) is 18.8 Å². The molecule has 3 aromatic rings. The van der Waals surface area contributed by atoms with E-state index >= 15 is 0 Å². The number of hydrogen-bond acceptors (Lipinski definition) is 4. The van der Waals surface area contributed by atoms with Crippen molar-refractivity contribution in [3.63, 3.8) is 0 Å². The summed E-state index contributed by atoms with van der Waals surface area (Å²) in [6.45, 7) is 6.03. The topological polar surface area (TPSA) is 50.6 Å². The molecule has 2 aliphatic rings. The number of piperazine rings is 1. The van der Waals surface area contributed by atoms with Gasteiger partial charge in [-0.1, -0.05) is 42.3 Å². The highest BCUT2D eigenvalue weighted by molar-refractivity contribution is 5.94. The summed E-state index contributed by atoms with van der Waals surface area (Å²) in [7, 11) is 1.69. The van der Waals surface area contributed by atoms with Crippen LogP contribution in [0, 0.1) is 6.92 Å². The number of aromatic nitrogens is 2. The molecule has 1 aromatic heterocycles. The summed E-state index contributed by atoms with van der Waals surface area (Å²) in [5.41, 5.74) is 5.22. The summed E-state index contributed by atoms with van der Waals surface area (Å²) >= 11 is 0. The highest BCUT2D eigenvalue weighted by Crippen LogP contribution is 2.29. The van der Waals surface area contributed by atoms with Crippen molar-refractivity contribution < 1.29 is 9.53 Å². The number of amides is 1. The third-order valence-corrected chi connectivity index (χ3v) is 6.87. The molecular formula is C27H32N4O2. The van der Waals surface area contributed by atoms with Gasteiger partial charge in [-0.05, 0) is 38.3 Å². The van der Waals surface area contributed by atoms with Gasteiger partial charge in [0, 0.05) is 50.0 Å². The van der Waals surface area contributed by atoms with Gasteiger partial charge < -0.3 is 19.1 Å². The number of carbonyl (C=O) groups excluding carboxylic acids is 1. The number of anilines is 1. The van der Waals surface area contributed by atoms with Crippen molar-refractivity contribution in [1.82, 2.24) is 14.5 Å². The van der Waals surface area contributed by atoms with E-state index in [9.17, 15) is 4.79 Å². The fraction of sp³-hybridized carbons (Fsp3) is 0.407. The molecule has 2 aliphatic heterocycles. The Balaban J connectivity index is 1.38. The first kappa shape index (κ1) is 21.6. The van der Waals surface area contributed by atoms with Gasteiger partial charge in [0.2, 0.25) is 0 Å². The Morgan fingerprint density at radius 2 is 1.73 bits per heavy atom. The van der Waals surface area contributed by atoms with Gasteiger partial charge in [0.05, 0.1) is 12.8 Å². The number of ether oxygens (including phenoxy) is 1. The molecule has 0 saturated carbocycles. The van der Waals surface area contributed by atoms with Crippen LogP contribution < -0.4 is 9.64 Å². The lowest BCUT2D eigenvalue weighted by Gasteiger charge is -2.36. The molecule has 2 aromatic carbocycles. The summed E-state index contributed by atoms with van der Waals surface area (Å²) in [4.78, 5) is 22.9. The van der Waals surface area contributed by atoms with E-state index in [1.165, 1.54) is 12.0 Å². The average Bonchev–Trinajstić information content (AvgIpc) is 3.04. The highest BCUT2D eigenvalue weighted by atomic mass is 16.5. The van der Waals surface area contributed by atoms with E-state index in [-0.39, 0.29) is 5.91 Å². The molecule has 172 valence electrons. The molecule has 0 N–H and O–H groups in total. The summed E-state index contributed by atoms with van der Waals surface area (Å²) in [5.74, 6) is 1.87. The van der Waals surface area contributed by atoms with Gasteiger partial charge in [-0.2, -0.15) is 0 Å². The van der Waals surface area contributed by atoms with Crippen molar-refractivity contribution in [1.29, 1.82) is 0 Å². The van der Waals surface area contributed by atoms with Crippen LogP contribution in [-0.4, -0.2) is 53.6 Å². The predicted molar refractivity (Wildman–Crippen MR) is 131 cm³/mol. The molecule has 1 saturated heterocycles. The second kappa shape index (κ2) is 9.30. The Bertz CT molecular complexity index is 1130. The molecule has 0 unspecified atom stereocenters. The standard InChI is InChI=1S/C27H32N4O2/c1-20-10-12-21(13-11-20)26-28-25(24-9-4-3-5-14-31(24)26)27(32)30-17-15-29(16-18-30)22-7-6-8-23(19-22)33-2/h6-8,10-13,19H,3-5,9,14-18H2,1-2H3. The van der Waals surface area contributed by atoms with Crippen molar-refractivity contribution in [3.05, 3.63) is 65.5 Å². The van der Waals surface area contributed by atoms with Crippen LogP contribution in [0.5, 0.6) is 5.75 Å². The molecule has 6 heteroatoms. The van der Waals surface area contributed by atoms with E-state index in [1.54, 1.807) is 7.11 Å². The molecule has 5 rings (SSSR count). The third-order valence-electron chi connectivity index (χ3n) is 6.87. The Labute approximate surface area is 195 Å². The monoisotopic (exact) mass is 444 g/mol. The molecule has 33 heavy (non-hydrogen) atoms. The van der Waals surface area contributed by atoms with Crippen molar-refractivity contribution >= 4 is 11.6 Å². The fourth-order valence-corrected chi connectivity index (χ4v) is 4.94. The maximum Gasteiger partial charge on any atom is 0.274 e. The summed E-state index contributed by atoms with van der Waals surface area (Å²) < 4.78 is 7.67. The lowest BCUT2D eigenvalue weighted by molar-refractivity contribution is 0.0740. The minimum absolute atomic E-state index is 0.0734. The lowest BCUT2D eigenvalue weighted by atomic mass is 10.1. The van der Waals surface area contributed by atoms with E-state index in [0.717, 1.165) is 67.4 Å². The van der Waals surface area contributed by atoms with Crippen LogP contribution in [0.2, 0.25) is 0 Å². The summed E-state index contributed by atoms with van der Waals surface area (Å²) in [6, 6.07) is 16.6. The van der Waals surface area contributed by atoms with Gasteiger partial charge in [0.1, 0.15) is 17.3 Å². The van der Waals surface area contributed by atoms with Gasteiger partial charge in [-0.25, -0.2) is 4.98 Å². The number of rotatable bonds is 4. The van der Waals surface area contributed by atoms with Gasteiger partial charge in [0.15, 0.2) is 0 Å². The smallest absolute Gasteiger partial charge is 0.274 e. The number of hydrogen-bond donors (Lipinski definition) is 0. The second-order valence-electron chi connectivity index (χ2n) is 9.04. The van der Waals surface area contributed by atoms with E-state index in [4.69, 9.17) is 9.72 Å². The fourth-order valence-electron chi connectivity index (χ4n) is 4.94. The number of benzene rings is 2. The van der Waals surface area contributed by atoms with E-state index < -0.39 is 0 Å². The zero-order valence-electron chi connectivity index (χ0n) is 19.6. The normalized spacial score (nSPS) is 16.3. The molecule has 1 amide bonds. The molecule has 6 nitrogen and oxygen atoms in total. The lowest BCUT2D eigenvalue weighted by Crippen LogP contribution is -2.49. The van der Waals surface area contributed by atoms with Crippen LogP contribution in [0.4, 0.5) is 5.69 Å². The summed E-state index contributed by atoms with van der Waals surface area (Å²) in [6.07, 6.45) is 4.36. The minimum Gasteiger partial charge on any atom is -0.497 e. The first-order chi connectivity index (χ1) is 16.1. The number of carbonyl (C=O) groups is 1. The highest BCUT2D eigenvalue weighted by Gasteiger charge is 2.29. The minimum atomic E-state index is 0.0734. The molecule has 1 fully saturated rings. The van der Waals surface area contributed by atoms with E-state index in [1.807, 2.05) is 17.0 Å². The Morgan fingerprint density at radius 3 is 2.48 bits per heavy atom. The van der Waals surface area contributed by atoms with Crippen molar-refractivity contribution in [2.75, 3.05) is 38.2 Å². The van der Waals surface area contributed by atoms with Gasteiger partial charge in [-0.15, -0.1) is 0 Å². The zero-order chi connectivity index (χ0) is 22.8. The van der Waals surface area contributed by atoms with Crippen molar-refractivity contribution in [2.45, 2.75) is 39.2 Å². The first-order valence-corrected chi connectivity index (χ1v) is 12.0. The van der Waals surface area contributed by atoms with Crippen LogP contribution in [0.3, 0.4) is 0 Å². The van der Waals surface area contributed by atoms with Crippen LogP contribution >= 0.6 is 0 Å². The second-order valence-corrected chi connectivity index (χ2v) is 9.04. The van der Waals surface area contributed by atoms with Crippen LogP contribution in [0.25, 0.3) is 11.4 Å². The number of imidazole rings is 1. The van der Waals surface area contributed by atoms with Crippen LogP contribution in [-0.2, 0) is 13.0 Å². The number of methoxy groups -OCH3 is 1. The number of aryl methyl sites for hydroxylation is 1. The molecule has 3 heterocycles. The van der Waals surface area contributed by atoms with Crippen LogP contribution in [0.1, 0.15) is 41.0 Å². The Hall–Kier alpha value is -3.28. The third kappa shape index (κ3) is 4.34. The quantitative estimate of drug-likeness (QED) is 0.592. The predicted octanol–water partition coefficient (Wildman–Crippen LogP) is 4.56. The van der Waals surface area contributed by atoms with Gasteiger partial charge >= 0.3 is 0 Å². The number of nitrogens with zero attached hydrogens (tertiary/aromatic N) is 4. The van der Waals surface area contributed by atoms with Gasteiger partial charge in [-0.3, -0.25) is 4.79 Å². The van der Waals surface area contributed by atoms with Crippen molar-refractivity contribution in [2.24, 2.45) is 0 Å².